The molecule has 1 aromatic carbocycles. The number of nitriles is 1. The van der Waals surface area contributed by atoms with Gasteiger partial charge in [0.1, 0.15) is 17.3 Å². The molecule has 0 aliphatic carbocycles. The number of nitrogens with one attached hydrogen (secondary N) is 1. The Morgan fingerprint density at radius 2 is 2.15 bits per heavy atom. The fraction of sp³-hybridized carbons (Fsp3) is 0.333. The average Bonchev–Trinajstić information content (AvgIpc) is 3.08. The van der Waals surface area contributed by atoms with Crippen molar-refractivity contribution in [2.24, 2.45) is 5.73 Å². The molecule has 1 atom stereocenters. The Morgan fingerprint density at radius 3 is 2.85 bits per heavy atom. The van der Waals surface area contributed by atoms with Crippen molar-refractivity contribution in [1.29, 1.82) is 5.26 Å². The molecule has 9 nitrogen and oxygen atoms in total. The summed E-state index contributed by atoms with van der Waals surface area (Å²) in [7, 11) is 0. The molecule has 0 bridgehead atoms. The van der Waals surface area contributed by atoms with Crippen molar-refractivity contribution in [1.82, 2.24) is 14.5 Å². The highest BCUT2D eigenvalue weighted by molar-refractivity contribution is 5.86. The number of aromatic amines is 1. The van der Waals surface area contributed by atoms with Crippen LogP contribution in [0.4, 0.5) is 18.9 Å². The van der Waals surface area contributed by atoms with Crippen molar-refractivity contribution in [2.45, 2.75) is 31.6 Å². The fourth-order valence-corrected chi connectivity index (χ4v) is 3.95. The van der Waals surface area contributed by atoms with Crippen LogP contribution in [-0.2, 0) is 11.3 Å². The molecule has 1 saturated heterocycles. The minimum Gasteiger partial charge on any atom is -0.418 e. The molecule has 0 radical (unpaired) electrons. The van der Waals surface area contributed by atoms with Gasteiger partial charge in [-0.2, -0.15) is 18.4 Å². The summed E-state index contributed by atoms with van der Waals surface area (Å²) < 4.78 is 43.6. The van der Waals surface area contributed by atoms with E-state index in [1.54, 1.807) is 18.3 Å². The first kappa shape index (κ1) is 22.3. The topological polar surface area (TPSA) is 130 Å². The number of rotatable bonds is 4. The summed E-state index contributed by atoms with van der Waals surface area (Å²) in [5.41, 5.74) is 7.07. The van der Waals surface area contributed by atoms with Crippen LogP contribution in [0, 0.1) is 11.3 Å². The number of esters is 1. The smallest absolute Gasteiger partial charge is 0.418 e. The highest BCUT2D eigenvalue weighted by Gasteiger charge is 2.41. The number of aromatic nitrogens is 3. The third kappa shape index (κ3) is 4.40. The molecule has 0 saturated carbocycles. The average molecular weight is 460 g/mol. The number of benzene rings is 1. The predicted molar refractivity (Wildman–Crippen MR) is 112 cm³/mol. The number of hydrogen-bond acceptors (Lipinski definition) is 7. The lowest BCUT2D eigenvalue weighted by Gasteiger charge is -2.33. The van der Waals surface area contributed by atoms with Gasteiger partial charge in [0.2, 0.25) is 0 Å². The highest BCUT2D eigenvalue weighted by atomic mass is 19.4. The van der Waals surface area contributed by atoms with Crippen LogP contribution in [0.5, 0.6) is 5.75 Å². The Balaban J connectivity index is 1.77. The van der Waals surface area contributed by atoms with Crippen LogP contribution in [0.2, 0.25) is 0 Å². The quantitative estimate of drug-likeness (QED) is 0.450. The zero-order valence-corrected chi connectivity index (χ0v) is 17.2. The molecule has 0 spiro atoms. The molecular weight excluding hydrogens is 441 g/mol. The number of H-pyrrole nitrogens is 1. The van der Waals surface area contributed by atoms with Crippen LogP contribution in [0.3, 0.4) is 0 Å². The number of fused-ring (bicyclic) bond motifs is 1. The maximum Gasteiger partial charge on any atom is 0.491 e. The predicted octanol–water partition coefficient (Wildman–Crippen LogP) is 2.04. The maximum atomic E-state index is 12.7. The normalized spacial score (nSPS) is 16.6. The minimum absolute atomic E-state index is 0.0220. The van der Waals surface area contributed by atoms with E-state index in [1.807, 2.05) is 0 Å². The summed E-state index contributed by atoms with van der Waals surface area (Å²) >= 11 is 0. The molecule has 1 unspecified atom stereocenters. The third-order valence-corrected chi connectivity index (χ3v) is 5.43. The molecule has 1 aliphatic rings. The Bertz CT molecular complexity index is 1310. The van der Waals surface area contributed by atoms with Crippen LogP contribution in [0.15, 0.2) is 35.3 Å². The second-order valence-corrected chi connectivity index (χ2v) is 7.68. The molecule has 172 valence electrons. The molecule has 4 rings (SSSR count). The zero-order valence-electron chi connectivity index (χ0n) is 17.2. The number of nitrogens with zero attached hydrogens (tertiary/aromatic N) is 4. The van der Waals surface area contributed by atoms with Gasteiger partial charge in [-0.1, -0.05) is 12.1 Å². The van der Waals surface area contributed by atoms with Crippen molar-refractivity contribution in [3.8, 4) is 11.8 Å². The van der Waals surface area contributed by atoms with Gasteiger partial charge >= 0.3 is 17.8 Å². The van der Waals surface area contributed by atoms with Crippen LogP contribution in [0.1, 0.15) is 24.0 Å². The number of imidazole rings is 1. The standard InChI is InChI=1S/C21H19F3N6O3/c22-21(23,24)19(31)33-16-5-1-3-12(14(16)9-25)10-30-17-15(29-8-2-4-13(26)11-29)6-7-27-18(17)28-20(30)32/h1,3,5-7,13H,2,4,8,10-11,26H2,(H,27,28,32). The van der Waals surface area contributed by atoms with Gasteiger partial charge in [-0.05, 0) is 30.5 Å². The zero-order chi connectivity index (χ0) is 23.8. The largest absolute Gasteiger partial charge is 0.491 e. The van der Waals surface area contributed by atoms with E-state index in [0.717, 1.165) is 31.1 Å². The van der Waals surface area contributed by atoms with Crippen LogP contribution in [0.25, 0.3) is 11.2 Å². The van der Waals surface area contributed by atoms with Gasteiger partial charge in [-0.3, -0.25) is 9.55 Å². The number of nitrogens with two attached hydrogens (primary N) is 1. The number of ether oxygens (including phenoxy) is 1. The molecule has 12 heteroatoms. The lowest BCUT2D eigenvalue weighted by Crippen LogP contribution is -2.43. The first-order valence-corrected chi connectivity index (χ1v) is 10.1. The van der Waals surface area contributed by atoms with Gasteiger partial charge in [-0.15, -0.1) is 0 Å². The Morgan fingerprint density at radius 1 is 1.36 bits per heavy atom. The molecule has 33 heavy (non-hydrogen) atoms. The fourth-order valence-electron chi connectivity index (χ4n) is 3.95. The summed E-state index contributed by atoms with van der Waals surface area (Å²) in [6.07, 6.45) is -1.88. The second kappa shape index (κ2) is 8.59. The van der Waals surface area contributed by atoms with Gasteiger partial charge < -0.3 is 15.4 Å². The first-order chi connectivity index (χ1) is 15.7. The van der Waals surface area contributed by atoms with Crippen molar-refractivity contribution < 1.29 is 22.7 Å². The van der Waals surface area contributed by atoms with Gasteiger partial charge in [0.05, 0.1) is 17.8 Å². The molecule has 0 amide bonds. The van der Waals surface area contributed by atoms with Crippen LogP contribution < -0.4 is 21.1 Å². The van der Waals surface area contributed by atoms with Gasteiger partial charge in [0.15, 0.2) is 5.65 Å². The van der Waals surface area contributed by atoms with E-state index in [-0.39, 0.29) is 23.7 Å². The Labute approximate surface area is 185 Å². The van der Waals surface area contributed by atoms with E-state index in [2.05, 4.69) is 19.6 Å². The number of carbonyl (C=O) groups excluding carboxylic acids is 1. The summed E-state index contributed by atoms with van der Waals surface area (Å²) in [5.74, 6) is -2.97. The number of halogens is 3. The number of carbonyl (C=O) groups is 1. The van der Waals surface area contributed by atoms with E-state index < -0.39 is 23.6 Å². The number of anilines is 1. The molecular formula is C21H19F3N6O3. The lowest BCUT2D eigenvalue weighted by atomic mass is 10.1. The second-order valence-electron chi connectivity index (χ2n) is 7.68. The monoisotopic (exact) mass is 460 g/mol. The molecule has 1 fully saturated rings. The molecule has 1 aliphatic heterocycles. The van der Waals surface area contributed by atoms with E-state index in [1.165, 1.54) is 16.7 Å². The molecule has 2 aromatic heterocycles. The number of pyridine rings is 1. The summed E-state index contributed by atoms with van der Waals surface area (Å²) in [4.78, 5) is 32.9. The van der Waals surface area contributed by atoms with Gasteiger partial charge in [-0.25, -0.2) is 14.6 Å². The summed E-state index contributed by atoms with van der Waals surface area (Å²) in [6.45, 7) is 1.17. The van der Waals surface area contributed by atoms with Crippen LogP contribution in [-0.4, -0.2) is 45.8 Å². The van der Waals surface area contributed by atoms with E-state index in [9.17, 15) is 28.0 Å². The van der Waals surface area contributed by atoms with Crippen molar-refractivity contribution in [3.05, 3.63) is 52.1 Å². The summed E-state index contributed by atoms with van der Waals surface area (Å²) in [6, 6.07) is 7.42. The van der Waals surface area contributed by atoms with E-state index >= 15 is 0 Å². The molecule has 3 aromatic rings. The van der Waals surface area contributed by atoms with Crippen molar-refractivity contribution in [3.63, 3.8) is 0 Å². The number of hydrogen-bond donors (Lipinski definition) is 2. The van der Waals surface area contributed by atoms with Crippen molar-refractivity contribution in [2.75, 3.05) is 18.0 Å². The number of piperidine rings is 1. The van der Waals surface area contributed by atoms with Gasteiger partial charge in [0, 0.05) is 25.3 Å². The SMILES string of the molecule is N#Cc1c(Cn2c(=O)[nH]c3nccc(N4CCCC(N)C4)c32)cccc1OC(=O)C(F)(F)F. The summed E-state index contributed by atoms with van der Waals surface area (Å²) in [5, 5.41) is 9.56. The van der Waals surface area contributed by atoms with Crippen molar-refractivity contribution >= 4 is 22.8 Å². The molecule has 3 heterocycles. The Kier molecular flexibility index (Phi) is 5.82. The highest BCUT2D eigenvalue weighted by Crippen LogP contribution is 2.29. The third-order valence-electron chi connectivity index (χ3n) is 5.43. The van der Waals surface area contributed by atoms with E-state index in [4.69, 9.17) is 5.73 Å². The maximum absolute atomic E-state index is 12.7. The molecule has 3 N–H and O–H groups in total. The van der Waals surface area contributed by atoms with Crippen LogP contribution >= 0.6 is 0 Å². The lowest BCUT2D eigenvalue weighted by molar-refractivity contribution is -0.189. The Hall–Kier alpha value is -3.85. The number of alkyl halides is 3. The first-order valence-electron chi connectivity index (χ1n) is 10.1. The minimum atomic E-state index is -5.22. The van der Waals surface area contributed by atoms with E-state index in [0.29, 0.717) is 17.7 Å². The van der Waals surface area contributed by atoms with Gasteiger partial charge in [0.25, 0.3) is 0 Å².